The van der Waals surface area contributed by atoms with Crippen molar-refractivity contribution in [1.82, 2.24) is 14.6 Å². The van der Waals surface area contributed by atoms with E-state index in [0.29, 0.717) is 5.56 Å². The van der Waals surface area contributed by atoms with E-state index in [1.54, 1.807) is 4.90 Å². The number of sulfonamides is 1. The van der Waals surface area contributed by atoms with Crippen molar-refractivity contribution < 1.29 is 58.9 Å². The molecule has 236 valence electrons. The Kier molecular flexibility index (Phi) is 9.24. The number of carboxylic acids is 1. The van der Waals surface area contributed by atoms with Crippen LogP contribution in [0.15, 0.2) is 71.8 Å². The molecule has 0 spiro atoms. The summed E-state index contributed by atoms with van der Waals surface area (Å²) in [6.45, 7) is -0.714. The molecule has 1 aromatic heterocycles. The van der Waals surface area contributed by atoms with Gasteiger partial charge in [-0.2, -0.15) is 4.31 Å². The largest absolute Gasteiger partial charge is 0.573 e. The lowest BCUT2D eigenvalue weighted by molar-refractivity contribution is -0.275. The summed E-state index contributed by atoms with van der Waals surface area (Å²) in [5.74, 6) is -2.91. The molecule has 11 nitrogen and oxygen atoms in total. The second kappa shape index (κ2) is 12.6. The molecule has 0 aliphatic carbocycles. The third-order valence-electron chi connectivity index (χ3n) is 6.24. The number of hydrogen-bond acceptors (Lipinski definition) is 8. The smallest absolute Gasteiger partial charge is 0.478 e. The molecule has 2 N–H and O–H groups in total. The summed E-state index contributed by atoms with van der Waals surface area (Å²) in [5.41, 5.74) is 0.259. The maximum atomic E-state index is 13.6. The number of rotatable bonds is 9. The molecule has 4 rings (SSSR count). The topological polar surface area (TPSA) is 138 Å². The van der Waals surface area contributed by atoms with E-state index in [1.165, 1.54) is 24.3 Å². The molecule has 3 aromatic rings. The fraction of sp³-hybridized carbons (Fsp3) is 0.269. The minimum atomic E-state index is -5.00. The first-order valence-corrected chi connectivity index (χ1v) is 13.9. The Balaban J connectivity index is 1.56. The number of anilines is 1. The van der Waals surface area contributed by atoms with Gasteiger partial charge in [-0.3, -0.25) is 4.79 Å². The maximum Gasteiger partial charge on any atom is 0.573 e. The highest BCUT2D eigenvalue weighted by Gasteiger charge is 2.41. The van der Waals surface area contributed by atoms with Crippen LogP contribution < -0.4 is 19.7 Å². The molecule has 0 radical (unpaired) electrons. The molecular formula is C26H22F6N4O7S. The van der Waals surface area contributed by atoms with E-state index in [4.69, 9.17) is 5.11 Å². The number of aromatic nitrogens is 1. The number of carbonyl (C=O) groups excluding carboxylic acids is 1. The summed E-state index contributed by atoms with van der Waals surface area (Å²) < 4.78 is 111. The molecule has 1 fully saturated rings. The Morgan fingerprint density at radius 1 is 0.886 bits per heavy atom. The highest BCUT2D eigenvalue weighted by Crippen LogP contribution is 2.28. The van der Waals surface area contributed by atoms with E-state index in [-0.39, 0.29) is 37.6 Å². The normalized spacial score (nSPS) is 16.3. The minimum Gasteiger partial charge on any atom is -0.478 e. The van der Waals surface area contributed by atoms with Crippen LogP contribution in [0.5, 0.6) is 11.5 Å². The number of nitrogens with zero attached hydrogens (tertiary/aromatic N) is 3. The van der Waals surface area contributed by atoms with Crippen LogP contribution in [-0.4, -0.2) is 73.1 Å². The first-order valence-electron chi connectivity index (χ1n) is 12.5. The Morgan fingerprint density at radius 2 is 1.45 bits per heavy atom. The van der Waals surface area contributed by atoms with Gasteiger partial charge in [-0.1, -0.05) is 12.1 Å². The highest BCUT2D eigenvalue weighted by molar-refractivity contribution is 7.89. The van der Waals surface area contributed by atoms with E-state index in [2.05, 4.69) is 19.8 Å². The Bertz CT molecular complexity index is 1580. The Labute approximate surface area is 245 Å². The number of ether oxygens (including phenoxy) is 2. The van der Waals surface area contributed by atoms with Crippen molar-refractivity contribution in [1.29, 1.82) is 0 Å². The zero-order chi connectivity index (χ0) is 32.3. The summed E-state index contributed by atoms with van der Waals surface area (Å²) >= 11 is 0. The van der Waals surface area contributed by atoms with Crippen molar-refractivity contribution in [3.05, 3.63) is 78.0 Å². The van der Waals surface area contributed by atoms with Gasteiger partial charge >= 0.3 is 18.7 Å². The Hall–Kier alpha value is -4.58. The number of nitrogens with one attached hydrogen (secondary N) is 1. The number of carboxylic acid groups (broad SMARTS) is 1. The van der Waals surface area contributed by atoms with Crippen LogP contribution in [0.4, 0.5) is 32.2 Å². The molecule has 2 heterocycles. The van der Waals surface area contributed by atoms with E-state index < -0.39 is 57.1 Å². The number of pyridine rings is 1. The standard InChI is InChI=1S/C26H22F6N4O7S/c27-25(28,29)42-18-4-1-16(2-5-18)13-34-23(37)21-15-35(22-10-3-17(14-33-22)24(38)39)11-12-36(21)44(40,41)20-8-6-19(7-9-20)43-26(30,31)32/h1-10,14,21H,11-13,15H2,(H,34,37)(H,38,39)/t21-/m1/s1. The molecule has 18 heteroatoms. The van der Waals surface area contributed by atoms with E-state index >= 15 is 0 Å². The summed E-state index contributed by atoms with van der Waals surface area (Å²) in [5, 5.41) is 11.7. The van der Waals surface area contributed by atoms with E-state index in [0.717, 1.165) is 46.9 Å². The lowest BCUT2D eigenvalue weighted by Crippen LogP contribution is -2.60. The van der Waals surface area contributed by atoms with Crippen molar-refractivity contribution in [3.63, 3.8) is 0 Å². The summed E-state index contributed by atoms with van der Waals surface area (Å²) in [6, 6.07) is 9.27. The maximum absolute atomic E-state index is 13.6. The van der Waals surface area contributed by atoms with Crippen molar-refractivity contribution in [2.24, 2.45) is 0 Å². The SMILES string of the molecule is O=C(O)c1ccc(N2CCN(S(=O)(=O)c3ccc(OC(F)(F)F)cc3)[C@@H](C(=O)NCc3ccc(OC(F)(F)F)cc3)C2)nc1. The van der Waals surface area contributed by atoms with Gasteiger partial charge < -0.3 is 24.8 Å². The summed E-state index contributed by atoms with van der Waals surface area (Å²) in [7, 11) is -4.46. The number of alkyl halides is 6. The van der Waals surface area contributed by atoms with Crippen LogP contribution in [-0.2, 0) is 21.4 Å². The molecule has 1 aliphatic rings. The molecule has 1 atom stereocenters. The van der Waals surface area contributed by atoms with E-state index in [1.807, 2.05) is 0 Å². The summed E-state index contributed by atoms with van der Waals surface area (Å²) in [6.07, 6.45) is -8.80. The van der Waals surface area contributed by atoms with Crippen molar-refractivity contribution >= 4 is 27.7 Å². The zero-order valence-electron chi connectivity index (χ0n) is 22.2. The third kappa shape index (κ3) is 8.28. The third-order valence-corrected chi connectivity index (χ3v) is 8.16. The molecule has 1 amide bonds. The second-order valence-corrected chi connectivity index (χ2v) is 11.1. The number of amides is 1. The number of halogens is 6. The molecular weight excluding hydrogens is 626 g/mol. The molecule has 1 saturated heterocycles. The van der Waals surface area contributed by atoms with Gasteiger partial charge in [0.1, 0.15) is 23.4 Å². The second-order valence-electron chi connectivity index (χ2n) is 9.22. The molecule has 1 aliphatic heterocycles. The average molecular weight is 649 g/mol. The van der Waals surface area contributed by atoms with Crippen molar-refractivity contribution in [2.45, 2.75) is 30.2 Å². The number of carbonyl (C=O) groups is 2. The predicted molar refractivity (Wildman–Crippen MR) is 139 cm³/mol. The van der Waals surface area contributed by atoms with Crippen LogP contribution in [0.2, 0.25) is 0 Å². The minimum absolute atomic E-state index is 0.0123. The highest BCUT2D eigenvalue weighted by atomic mass is 32.2. The van der Waals surface area contributed by atoms with Crippen molar-refractivity contribution in [3.8, 4) is 11.5 Å². The van der Waals surface area contributed by atoms with Gasteiger partial charge in [0, 0.05) is 32.4 Å². The number of aromatic carboxylic acids is 1. The quantitative estimate of drug-likeness (QED) is 0.332. The average Bonchev–Trinajstić information content (AvgIpc) is 2.95. The number of hydrogen-bond donors (Lipinski definition) is 2. The van der Waals surface area contributed by atoms with Crippen LogP contribution in [0.3, 0.4) is 0 Å². The molecule has 0 saturated carbocycles. The van der Waals surface area contributed by atoms with Gasteiger partial charge in [-0.15, -0.1) is 26.3 Å². The lowest BCUT2D eigenvalue weighted by Gasteiger charge is -2.40. The van der Waals surface area contributed by atoms with Crippen LogP contribution in [0, 0.1) is 0 Å². The van der Waals surface area contributed by atoms with Crippen LogP contribution in [0.25, 0.3) is 0 Å². The number of piperazine rings is 1. The predicted octanol–water partition coefficient (Wildman–Crippen LogP) is 3.77. The molecule has 2 aromatic carbocycles. The Morgan fingerprint density at radius 3 is 1.95 bits per heavy atom. The monoisotopic (exact) mass is 648 g/mol. The number of benzene rings is 2. The van der Waals surface area contributed by atoms with Crippen LogP contribution in [0.1, 0.15) is 15.9 Å². The van der Waals surface area contributed by atoms with E-state index in [9.17, 15) is 44.3 Å². The first-order chi connectivity index (χ1) is 20.5. The van der Waals surface area contributed by atoms with Gasteiger partial charge in [0.15, 0.2) is 0 Å². The van der Waals surface area contributed by atoms with Crippen molar-refractivity contribution in [2.75, 3.05) is 24.5 Å². The van der Waals surface area contributed by atoms with Gasteiger partial charge in [0.05, 0.1) is 10.5 Å². The van der Waals surface area contributed by atoms with Gasteiger partial charge in [0.25, 0.3) is 0 Å². The van der Waals surface area contributed by atoms with Gasteiger partial charge in [0.2, 0.25) is 15.9 Å². The molecule has 0 unspecified atom stereocenters. The van der Waals surface area contributed by atoms with Gasteiger partial charge in [-0.25, -0.2) is 18.2 Å². The molecule has 0 bridgehead atoms. The fourth-order valence-corrected chi connectivity index (χ4v) is 5.81. The summed E-state index contributed by atoms with van der Waals surface area (Å²) in [4.78, 5) is 29.8. The van der Waals surface area contributed by atoms with Gasteiger partial charge in [-0.05, 0) is 54.1 Å². The fourth-order valence-electron chi connectivity index (χ4n) is 4.24. The lowest BCUT2D eigenvalue weighted by atomic mass is 10.1. The first kappa shape index (κ1) is 32.3. The molecule has 44 heavy (non-hydrogen) atoms. The zero-order valence-corrected chi connectivity index (χ0v) is 23.0. The van der Waals surface area contributed by atoms with Crippen LogP contribution >= 0.6 is 0 Å².